The Morgan fingerprint density at radius 1 is 1.24 bits per heavy atom. The average molecular weight is 236 g/mol. The molecule has 0 spiro atoms. The summed E-state index contributed by atoms with van der Waals surface area (Å²) in [4.78, 5) is 22.3. The van der Waals surface area contributed by atoms with Crippen LogP contribution < -0.4 is 10.6 Å². The summed E-state index contributed by atoms with van der Waals surface area (Å²) in [6, 6.07) is 7.45. The monoisotopic (exact) mass is 236 g/mol. The van der Waals surface area contributed by atoms with E-state index in [2.05, 4.69) is 10.6 Å². The number of rotatable bonds is 5. The summed E-state index contributed by atoms with van der Waals surface area (Å²) in [5.74, 6) is -0.534. The van der Waals surface area contributed by atoms with E-state index in [9.17, 15) is 9.59 Å². The summed E-state index contributed by atoms with van der Waals surface area (Å²) < 4.78 is 4.93. The number of ether oxygens (including phenoxy) is 1. The van der Waals surface area contributed by atoms with Crippen molar-refractivity contribution in [2.45, 2.75) is 6.92 Å². The summed E-state index contributed by atoms with van der Waals surface area (Å²) in [5, 5.41) is 5.08. The highest BCUT2D eigenvalue weighted by Gasteiger charge is 2.04. The van der Waals surface area contributed by atoms with E-state index in [-0.39, 0.29) is 25.0 Å². The van der Waals surface area contributed by atoms with Crippen LogP contribution in [0.25, 0.3) is 0 Å². The van der Waals surface area contributed by atoms with Gasteiger partial charge in [-0.25, -0.2) is 0 Å². The van der Waals surface area contributed by atoms with Gasteiger partial charge in [0, 0.05) is 12.7 Å². The molecule has 5 nitrogen and oxygen atoms in total. The molecule has 17 heavy (non-hydrogen) atoms. The number of amides is 2. The van der Waals surface area contributed by atoms with Crippen LogP contribution in [0.4, 0.5) is 5.69 Å². The molecule has 0 aliphatic heterocycles. The molecule has 0 aliphatic carbocycles. The van der Waals surface area contributed by atoms with Crippen molar-refractivity contribution in [1.82, 2.24) is 5.32 Å². The van der Waals surface area contributed by atoms with Gasteiger partial charge in [-0.15, -0.1) is 0 Å². The van der Waals surface area contributed by atoms with E-state index in [1.807, 2.05) is 25.1 Å². The highest BCUT2D eigenvalue weighted by molar-refractivity contribution is 5.91. The van der Waals surface area contributed by atoms with Crippen molar-refractivity contribution in [2.75, 3.05) is 25.6 Å². The Labute approximate surface area is 100 Å². The number of nitrogens with one attached hydrogen (secondary N) is 2. The molecule has 0 aromatic heterocycles. The lowest BCUT2D eigenvalue weighted by atomic mass is 10.2. The molecule has 0 fully saturated rings. The second-order valence-electron chi connectivity index (χ2n) is 3.58. The zero-order chi connectivity index (χ0) is 12.7. The minimum atomic E-state index is -0.278. The molecule has 0 saturated carbocycles. The van der Waals surface area contributed by atoms with Gasteiger partial charge in [-0.1, -0.05) is 12.1 Å². The number of carbonyl (C=O) groups is 2. The van der Waals surface area contributed by atoms with Crippen LogP contribution in [-0.4, -0.2) is 32.1 Å². The molecule has 2 N–H and O–H groups in total. The SMILES string of the molecule is CNC(=O)COCC(=O)Nc1cccc(C)c1. The lowest BCUT2D eigenvalue weighted by Crippen LogP contribution is -2.26. The molecule has 0 saturated heterocycles. The van der Waals surface area contributed by atoms with Crippen molar-refractivity contribution in [3.63, 3.8) is 0 Å². The highest BCUT2D eigenvalue weighted by atomic mass is 16.5. The number of benzene rings is 1. The number of hydrogen-bond donors (Lipinski definition) is 2. The maximum Gasteiger partial charge on any atom is 0.250 e. The van der Waals surface area contributed by atoms with Crippen molar-refractivity contribution in [1.29, 1.82) is 0 Å². The van der Waals surface area contributed by atoms with Crippen LogP contribution in [0, 0.1) is 6.92 Å². The number of hydrogen-bond acceptors (Lipinski definition) is 3. The first-order chi connectivity index (χ1) is 8.11. The number of aryl methyl sites for hydroxylation is 1. The Bertz CT molecular complexity index is 404. The van der Waals surface area contributed by atoms with Gasteiger partial charge in [-0.3, -0.25) is 9.59 Å². The summed E-state index contributed by atoms with van der Waals surface area (Å²) in [6.07, 6.45) is 0. The van der Waals surface area contributed by atoms with Gasteiger partial charge in [-0.2, -0.15) is 0 Å². The van der Waals surface area contributed by atoms with E-state index in [1.165, 1.54) is 7.05 Å². The quantitative estimate of drug-likeness (QED) is 0.790. The lowest BCUT2D eigenvalue weighted by molar-refractivity contribution is -0.128. The van der Waals surface area contributed by atoms with Crippen molar-refractivity contribution < 1.29 is 14.3 Å². The Hall–Kier alpha value is -1.88. The van der Waals surface area contributed by atoms with Crippen LogP contribution in [-0.2, 0) is 14.3 Å². The minimum absolute atomic E-state index is 0.113. The van der Waals surface area contributed by atoms with Crippen LogP contribution in [0.1, 0.15) is 5.56 Å². The van der Waals surface area contributed by atoms with E-state index >= 15 is 0 Å². The molecule has 0 aliphatic rings. The molecule has 0 bridgehead atoms. The van der Waals surface area contributed by atoms with Crippen LogP contribution in [0.15, 0.2) is 24.3 Å². The maximum absolute atomic E-state index is 11.4. The van der Waals surface area contributed by atoms with E-state index in [0.29, 0.717) is 0 Å². The molecular weight excluding hydrogens is 220 g/mol. The minimum Gasteiger partial charge on any atom is -0.362 e. The zero-order valence-corrected chi connectivity index (χ0v) is 9.95. The first kappa shape index (κ1) is 13.2. The Balaban J connectivity index is 2.32. The fraction of sp³-hybridized carbons (Fsp3) is 0.333. The molecule has 0 heterocycles. The maximum atomic E-state index is 11.4. The summed E-state index contributed by atoms with van der Waals surface area (Å²) in [6.45, 7) is 1.69. The first-order valence-electron chi connectivity index (χ1n) is 5.26. The molecule has 1 aromatic carbocycles. The normalized spacial score (nSPS) is 9.76. The van der Waals surface area contributed by atoms with Crippen LogP contribution >= 0.6 is 0 Å². The van der Waals surface area contributed by atoms with E-state index in [1.54, 1.807) is 6.07 Å². The molecule has 2 amide bonds. The molecule has 1 aromatic rings. The third-order valence-corrected chi connectivity index (χ3v) is 2.05. The summed E-state index contributed by atoms with van der Waals surface area (Å²) in [5.41, 5.74) is 1.78. The van der Waals surface area contributed by atoms with Gasteiger partial charge >= 0.3 is 0 Å². The fourth-order valence-corrected chi connectivity index (χ4v) is 1.23. The van der Waals surface area contributed by atoms with Gasteiger partial charge in [0.05, 0.1) is 0 Å². The predicted molar refractivity (Wildman–Crippen MR) is 64.7 cm³/mol. The zero-order valence-electron chi connectivity index (χ0n) is 9.95. The van der Waals surface area contributed by atoms with E-state index in [0.717, 1.165) is 11.3 Å². The second kappa shape index (κ2) is 6.65. The molecule has 5 heteroatoms. The molecule has 0 unspecified atom stereocenters. The average Bonchev–Trinajstić information content (AvgIpc) is 2.28. The van der Waals surface area contributed by atoms with Gasteiger partial charge in [0.15, 0.2) is 0 Å². The third kappa shape index (κ3) is 5.12. The van der Waals surface area contributed by atoms with Crippen LogP contribution in [0.3, 0.4) is 0 Å². The largest absolute Gasteiger partial charge is 0.362 e. The molecule has 1 rings (SSSR count). The number of carbonyl (C=O) groups excluding carboxylic acids is 2. The second-order valence-corrected chi connectivity index (χ2v) is 3.58. The van der Waals surface area contributed by atoms with Crippen molar-refractivity contribution >= 4 is 17.5 Å². The first-order valence-corrected chi connectivity index (χ1v) is 5.26. The molecule has 0 radical (unpaired) electrons. The molecule has 0 atom stereocenters. The third-order valence-electron chi connectivity index (χ3n) is 2.05. The Morgan fingerprint density at radius 2 is 1.94 bits per heavy atom. The topological polar surface area (TPSA) is 67.4 Å². The Morgan fingerprint density at radius 3 is 2.59 bits per heavy atom. The van der Waals surface area contributed by atoms with Gasteiger partial charge in [0.1, 0.15) is 13.2 Å². The summed E-state index contributed by atoms with van der Waals surface area (Å²) in [7, 11) is 1.51. The Kier molecular flexibility index (Phi) is 5.16. The van der Waals surface area contributed by atoms with Gasteiger partial charge in [0.2, 0.25) is 11.8 Å². The lowest BCUT2D eigenvalue weighted by Gasteiger charge is -2.06. The highest BCUT2D eigenvalue weighted by Crippen LogP contribution is 2.08. The fourth-order valence-electron chi connectivity index (χ4n) is 1.23. The van der Waals surface area contributed by atoms with Gasteiger partial charge < -0.3 is 15.4 Å². The van der Waals surface area contributed by atoms with Gasteiger partial charge in [0.25, 0.3) is 0 Å². The standard InChI is InChI=1S/C12H16N2O3/c1-9-4-3-5-10(6-9)14-12(16)8-17-7-11(15)13-2/h3-6H,7-8H2,1-2H3,(H,13,15)(H,14,16). The smallest absolute Gasteiger partial charge is 0.250 e. The van der Waals surface area contributed by atoms with E-state index in [4.69, 9.17) is 4.74 Å². The number of likely N-dealkylation sites (N-methyl/N-ethyl adjacent to an activating group) is 1. The molecular formula is C12H16N2O3. The van der Waals surface area contributed by atoms with E-state index < -0.39 is 0 Å². The van der Waals surface area contributed by atoms with Crippen molar-refractivity contribution in [2.24, 2.45) is 0 Å². The predicted octanol–water partition coefficient (Wildman–Crippen LogP) is 0.696. The van der Waals surface area contributed by atoms with Crippen LogP contribution in [0.5, 0.6) is 0 Å². The number of anilines is 1. The van der Waals surface area contributed by atoms with Crippen LogP contribution in [0.2, 0.25) is 0 Å². The van der Waals surface area contributed by atoms with Crippen molar-refractivity contribution in [3.05, 3.63) is 29.8 Å². The summed E-state index contributed by atoms with van der Waals surface area (Å²) >= 11 is 0. The molecule has 92 valence electrons. The van der Waals surface area contributed by atoms with Crippen molar-refractivity contribution in [3.8, 4) is 0 Å². The van der Waals surface area contributed by atoms with Gasteiger partial charge in [-0.05, 0) is 24.6 Å².